The summed E-state index contributed by atoms with van der Waals surface area (Å²) in [6.07, 6.45) is -7.15. The number of ketones is 1. The van der Waals surface area contributed by atoms with Gasteiger partial charge in [0.25, 0.3) is 0 Å². The maximum Gasteiger partial charge on any atom is 0.440 e. The van der Waals surface area contributed by atoms with Crippen LogP contribution in [0.25, 0.3) is 0 Å². The first-order valence-corrected chi connectivity index (χ1v) is 5.94. The summed E-state index contributed by atoms with van der Waals surface area (Å²) in [6, 6.07) is -1.33. The predicted molar refractivity (Wildman–Crippen MR) is 62.6 cm³/mol. The maximum atomic E-state index is 13.7. The number of hydrogen-bond donors (Lipinski definition) is 5. The zero-order chi connectivity index (χ0) is 15.4. The van der Waals surface area contributed by atoms with Gasteiger partial charge in [-0.15, -0.1) is 0 Å². The fraction of sp³-hybridized carbons (Fsp3) is 0.727. The minimum Gasteiger partial charge on any atom is -0.471 e. The zero-order valence-corrected chi connectivity index (χ0v) is 10.7. The van der Waals surface area contributed by atoms with Crippen LogP contribution >= 0.6 is 0 Å². The third-order valence-corrected chi connectivity index (χ3v) is 2.92. The molecular weight excluding hydrogens is 277 g/mol. The van der Waals surface area contributed by atoms with Crippen LogP contribution in [0.2, 0.25) is 0 Å². The molecule has 0 aromatic rings. The van der Waals surface area contributed by atoms with Gasteiger partial charge in [0.05, 0.1) is 0 Å². The number of hydrogen-bond acceptors (Lipinski definition) is 5. The van der Waals surface area contributed by atoms with Crippen LogP contribution in [-0.4, -0.2) is 75.2 Å². The lowest BCUT2D eigenvalue weighted by molar-refractivity contribution is -0.532. The number of carboxylic acids is 1. The van der Waals surface area contributed by atoms with Gasteiger partial charge in [-0.1, -0.05) is 0 Å². The smallest absolute Gasteiger partial charge is 0.440 e. The lowest BCUT2D eigenvalue weighted by atomic mass is 9.91. The quantitative estimate of drug-likeness (QED) is 0.281. The molecule has 9 heteroatoms. The average Bonchev–Trinajstić information content (AvgIpc) is 2.34. The molecule has 1 aliphatic rings. The first kappa shape index (κ1) is 16.5. The second-order valence-electron chi connectivity index (χ2n) is 4.45. The molecule has 0 aliphatic carbocycles. The molecule has 5 atom stereocenters. The average molecular weight is 294 g/mol. The van der Waals surface area contributed by atoms with E-state index in [1.807, 2.05) is 0 Å². The van der Waals surface area contributed by atoms with Crippen molar-refractivity contribution in [2.75, 3.05) is 6.61 Å². The van der Waals surface area contributed by atoms with Crippen molar-refractivity contribution < 1.29 is 38.8 Å². The molecule has 0 saturated carbocycles. The summed E-state index contributed by atoms with van der Waals surface area (Å²) in [7, 11) is 0. The third kappa shape index (κ3) is 3.50. The SMILES string of the molecule is CC(=O)N[C@@H]1[C@@H](O)[C@@H](F)C(C(=O)O)=[O+][C@H]1[C@H](O)CCO. The molecule has 0 aromatic carbocycles. The standard InChI is InChI=1S/C11H16FNO7/c1-4(15)13-7-8(17)6(12)10(11(18)19)20-9(7)5(16)2-3-14/h5-9,14,16-17H,2-3H2,1H3,(H-,13,15,18,19)/p+1/t5-,6-,7-,8+,9+/m1/s1. The Morgan fingerprint density at radius 1 is 1.50 bits per heavy atom. The number of nitrogens with one attached hydrogen (secondary N) is 1. The van der Waals surface area contributed by atoms with Crippen molar-refractivity contribution in [3.05, 3.63) is 0 Å². The summed E-state index contributed by atoms with van der Waals surface area (Å²) in [4.78, 5) is 21.9. The number of alkyl halides is 1. The van der Waals surface area contributed by atoms with Crippen molar-refractivity contribution in [1.29, 1.82) is 0 Å². The van der Waals surface area contributed by atoms with E-state index in [0.29, 0.717) is 0 Å². The van der Waals surface area contributed by atoms with Gasteiger partial charge in [0, 0.05) is 20.0 Å². The second-order valence-corrected chi connectivity index (χ2v) is 4.45. The van der Waals surface area contributed by atoms with Crippen molar-refractivity contribution in [3.8, 4) is 0 Å². The molecule has 1 rings (SSSR count). The number of amides is 1. The van der Waals surface area contributed by atoms with Crippen LogP contribution in [0.15, 0.2) is 0 Å². The molecule has 114 valence electrons. The Hall–Kier alpha value is -1.58. The van der Waals surface area contributed by atoms with E-state index in [4.69, 9.17) is 14.6 Å². The number of rotatable bonds is 5. The number of carboxylic acid groups (broad SMARTS) is 1. The molecule has 0 saturated heterocycles. The van der Waals surface area contributed by atoms with Gasteiger partial charge in [0.2, 0.25) is 12.1 Å². The van der Waals surface area contributed by atoms with Crippen LogP contribution in [0, 0.1) is 0 Å². The number of carbonyl (C=O) groups excluding carboxylic acids is 2. The van der Waals surface area contributed by atoms with Gasteiger partial charge in [-0.2, -0.15) is 0 Å². The molecule has 0 unspecified atom stereocenters. The van der Waals surface area contributed by atoms with E-state index in [1.54, 1.807) is 0 Å². The molecule has 0 spiro atoms. The second kappa shape index (κ2) is 6.73. The molecule has 0 bridgehead atoms. The van der Waals surface area contributed by atoms with E-state index in [2.05, 4.69) is 5.32 Å². The molecule has 0 radical (unpaired) electrons. The third-order valence-electron chi connectivity index (χ3n) is 2.92. The van der Waals surface area contributed by atoms with Crippen LogP contribution in [0.4, 0.5) is 4.39 Å². The van der Waals surface area contributed by atoms with Crippen molar-refractivity contribution in [1.82, 2.24) is 5.32 Å². The lowest BCUT2D eigenvalue weighted by Gasteiger charge is -2.29. The molecule has 20 heavy (non-hydrogen) atoms. The Bertz CT molecular complexity index is 414. The Balaban J connectivity index is 3.13. The van der Waals surface area contributed by atoms with Crippen LogP contribution in [-0.2, 0) is 14.0 Å². The van der Waals surface area contributed by atoms with E-state index < -0.39 is 54.8 Å². The minimum absolute atomic E-state index is 0.183. The van der Waals surface area contributed by atoms with Gasteiger partial charge in [-0.25, -0.2) is 13.6 Å². The number of halogens is 1. The maximum absolute atomic E-state index is 13.7. The Morgan fingerprint density at radius 3 is 2.55 bits per heavy atom. The van der Waals surface area contributed by atoms with Crippen LogP contribution in [0.3, 0.4) is 0 Å². The topological polar surface area (TPSA) is 138 Å². The van der Waals surface area contributed by atoms with Crippen molar-refractivity contribution in [2.24, 2.45) is 0 Å². The Morgan fingerprint density at radius 2 is 2.10 bits per heavy atom. The van der Waals surface area contributed by atoms with Gasteiger partial charge in [0.1, 0.15) is 12.2 Å². The number of aliphatic hydroxyl groups excluding tert-OH is 3. The molecular formula is C11H17FNO7+. The largest absolute Gasteiger partial charge is 0.471 e. The van der Waals surface area contributed by atoms with Gasteiger partial charge in [0.15, 0.2) is 6.04 Å². The zero-order valence-electron chi connectivity index (χ0n) is 10.7. The molecule has 0 aromatic heterocycles. The van der Waals surface area contributed by atoms with Crippen LogP contribution < -0.4 is 5.32 Å². The summed E-state index contributed by atoms with van der Waals surface area (Å²) in [5.74, 6) is -3.36. The highest BCUT2D eigenvalue weighted by atomic mass is 19.1. The number of aliphatic carboxylic acids is 1. The Kier molecular flexibility index (Phi) is 5.54. The first-order chi connectivity index (χ1) is 9.29. The molecule has 1 aliphatic heterocycles. The molecule has 8 nitrogen and oxygen atoms in total. The Labute approximate surface area is 113 Å². The fourth-order valence-corrected chi connectivity index (χ4v) is 2.00. The summed E-state index contributed by atoms with van der Waals surface area (Å²) in [5.41, 5.74) is 0. The lowest BCUT2D eigenvalue weighted by Crippen LogP contribution is -2.63. The van der Waals surface area contributed by atoms with E-state index in [0.717, 1.165) is 6.92 Å². The normalized spacial score (nSPS) is 31.4. The summed E-state index contributed by atoms with van der Waals surface area (Å²) < 4.78 is 18.6. The minimum atomic E-state index is -2.33. The van der Waals surface area contributed by atoms with Crippen LogP contribution in [0.5, 0.6) is 0 Å². The van der Waals surface area contributed by atoms with E-state index in [9.17, 15) is 24.2 Å². The van der Waals surface area contributed by atoms with E-state index in [1.165, 1.54) is 0 Å². The van der Waals surface area contributed by atoms with Gasteiger partial charge in [-0.3, -0.25) is 4.79 Å². The highest BCUT2D eigenvalue weighted by Crippen LogP contribution is 2.20. The van der Waals surface area contributed by atoms with Gasteiger partial charge < -0.3 is 25.7 Å². The van der Waals surface area contributed by atoms with Gasteiger partial charge in [-0.05, 0) is 0 Å². The molecule has 1 heterocycles. The molecule has 5 N–H and O–H groups in total. The molecule has 1 amide bonds. The van der Waals surface area contributed by atoms with Crippen molar-refractivity contribution in [3.63, 3.8) is 0 Å². The number of carbonyl (C=O) groups is 2. The fourth-order valence-electron chi connectivity index (χ4n) is 2.00. The monoisotopic (exact) mass is 294 g/mol. The van der Waals surface area contributed by atoms with Crippen LogP contribution in [0.1, 0.15) is 13.3 Å². The predicted octanol–water partition coefficient (Wildman–Crippen LogP) is -2.49. The highest BCUT2D eigenvalue weighted by molar-refractivity contribution is 6.35. The van der Waals surface area contributed by atoms with E-state index >= 15 is 0 Å². The summed E-state index contributed by atoms with van der Waals surface area (Å²) in [5, 5.41) is 39.3. The molecule has 0 fully saturated rings. The van der Waals surface area contributed by atoms with Crippen molar-refractivity contribution in [2.45, 2.75) is 43.9 Å². The van der Waals surface area contributed by atoms with Gasteiger partial charge >= 0.3 is 17.9 Å². The van der Waals surface area contributed by atoms with E-state index in [-0.39, 0.29) is 6.42 Å². The number of aliphatic hydroxyl groups is 3. The first-order valence-electron chi connectivity index (χ1n) is 5.94. The summed E-state index contributed by atoms with van der Waals surface area (Å²) in [6.45, 7) is 0.692. The highest BCUT2D eigenvalue weighted by Gasteiger charge is 2.56. The summed E-state index contributed by atoms with van der Waals surface area (Å²) >= 11 is 0. The van der Waals surface area contributed by atoms with Crippen molar-refractivity contribution >= 4 is 17.7 Å².